The Morgan fingerprint density at radius 3 is 1.59 bits per heavy atom. The summed E-state index contributed by atoms with van der Waals surface area (Å²) >= 11 is 0. The molecule has 0 amide bonds. The summed E-state index contributed by atoms with van der Waals surface area (Å²) in [5, 5.41) is 0. The van der Waals surface area contributed by atoms with Gasteiger partial charge in [-0.25, -0.2) is 0 Å². The Kier molecular flexibility index (Phi) is 8.29. The van der Waals surface area contributed by atoms with Crippen LogP contribution >= 0.6 is 0 Å². The minimum atomic E-state index is 0.135. The second-order valence-corrected chi connectivity index (χ2v) is 13.1. The molecule has 8 rings (SSSR count). The van der Waals surface area contributed by atoms with E-state index in [1.165, 1.54) is 27.8 Å². The highest BCUT2D eigenvalue weighted by atomic mass is 16.7. The van der Waals surface area contributed by atoms with Gasteiger partial charge in [-0.05, 0) is 98.4 Å². The summed E-state index contributed by atoms with van der Waals surface area (Å²) in [7, 11) is 9.37. The van der Waals surface area contributed by atoms with E-state index < -0.39 is 0 Å². The van der Waals surface area contributed by atoms with Crippen molar-refractivity contribution in [3.8, 4) is 51.7 Å². The van der Waals surface area contributed by atoms with Crippen molar-refractivity contribution in [2.45, 2.75) is 37.8 Å². The van der Waals surface area contributed by atoms with Crippen LogP contribution in [0.2, 0.25) is 0 Å². The standard InChI is InChI=1S/C39H42N2O8/c1-40-14-12-26-28(19-34(43-4)38-36(26)45-21-47-38)30(40)16-23-6-9-25(10-7-23)49-33-18-24(8-11-32(33)42-3)17-31-29-20-35(44-5)39-37(46-22-48-39)27(29)13-15-41(31)2/h6-11,18-20,30-31H,12-17,21-22H2,1-5H3. The number of likely N-dealkylation sites (N-methyl/N-ethyl adjacent to an activating group) is 2. The number of benzene rings is 4. The van der Waals surface area contributed by atoms with E-state index in [4.69, 9.17) is 37.9 Å². The molecule has 0 saturated carbocycles. The van der Waals surface area contributed by atoms with Gasteiger partial charge in [-0.3, -0.25) is 9.80 Å². The lowest BCUT2D eigenvalue weighted by Gasteiger charge is -2.35. The van der Waals surface area contributed by atoms with E-state index >= 15 is 0 Å². The van der Waals surface area contributed by atoms with Gasteiger partial charge in [0.15, 0.2) is 34.5 Å². The molecule has 0 N–H and O–H groups in total. The van der Waals surface area contributed by atoms with E-state index in [2.05, 4.69) is 60.3 Å². The molecule has 10 nitrogen and oxygen atoms in total. The third-order valence-corrected chi connectivity index (χ3v) is 10.4. The molecule has 0 fully saturated rings. The van der Waals surface area contributed by atoms with Gasteiger partial charge in [-0.1, -0.05) is 18.2 Å². The summed E-state index contributed by atoms with van der Waals surface area (Å²) in [6.07, 6.45) is 3.43. The van der Waals surface area contributed by atoms with E-state index in [0.717, 1.165) is 67.3 Å². The van der Waals surface area contributed by atoms with Gasteiger partial charge in [0.1, 0.15) is 5.75 Å². The molecular weight excluding hydrogens is 624 g/mol. The first-order chi connectivity index (χ1) is 23.9. The van der Waals surface area contributed by atoms with E-state index in [-0.39, 0.29) is 25.7 Å². The first-order valence-corrected chi connectivity index (χ1v) is 16.8. The van der Waals surface area contributed by atoms with E-state index in [1.807, 2.05) is 18.2 Å². The largest absolute Gasteiger partial charge is 0.493 e. The van der Waals surface area contributed by atoms with Gasteiger partial charge in [-0.2, -0.15) is 0 Å². The topological polar surface area (TPSA) is 80.3 Å². The minimum Gasteiger partial charge on any atom is -0.493 e. The van der Waals surface area contributed by atoms with Crippen LogP contribution in [-0.4, -0.2) is 71.9 Å². The fourth-order valence-corrected chi connectivity index (χ4v) is 7.72. The lowest BCUT2D eigenvalue weighted by molar-refractivity contribution is 0.169. The number of hydrogen-bond acceptors (Lipinski definition) is 10. The number of hydrogen-bond donors (Lipinski definition) is 0. The molecule has 49 heavy (non-hydrogen) atoms. The maximum atomic E-state index is 6.47. The van der Waals surface area contributed by atoms with Gasteiger partial charge < -0.3 is 37.9 Å². The maximum Gasteiger partial charge on any atom is 0.231 e. The minimum absolute atomic E-state index is 0.135. The van der Waals surface area contributed by atoms with Crippen LogP contribution in [0.4, 0.5) is 0 Å². The van der Waals surface area contributed by atoms with Crippen LogP contribution in [0, 0.1) is 0 Å². The van der Waals surface area contributed by atoms with Crippen LogP contribution in [0.3, 0.4) is 0 Å². The van der Waals surface area contributed by atoms with Crippen LogP contribution < -0.4 is 37.9 Å². The Labute approximate surface area is 286 Å². The zero-order chi connectivity index (χ0) is 33.6. The molecule has 0 bridgehead atoms. The zero-order valence-electron chi connectivity index (χ0n) is 28.7. The summed E-state index contributed by atoms with van der Waals surface area (Å²) < 4.78 is 46.9. The molecule has 0 spiro atoms. The molecule has 256 valence electrons. The Morgan fingerprint density at radius 2 is 1.06 bits per heavy atom. The van der Waals surface area contributed by atoms with Gasteiger partial charge in [0.05, 0.1) is 21.3 Å². The van der Waals surface area contributed by atoms with Gasteiger partial charge in [0.2, 0.25) is 25.1 Å². The Balaban J connectivity index is 1.02. The van der Waals surface area contributed by atoms with Crippen molar-refractivity contribution in [2.24, 2.45) is 0 Å². The highest BCUT2D eigenvalue weighted by Crippen LogP contribution is 2.51. The summed E-state index contributed by atoms with van der Waals surface area (Å²) in [6, 6.07) is 19.1. The van der Waals surface area contributed by atoms with Crippen molar-refractivity contribution < 1.29 is 37.9 Å². The number of ether oxygens (including phenoxy) is 8. The van der Waals surface area contributed by atoms with E-state index in [0.29, 0.717) is 28.7 Å². The molecule has 2 atom stereocenters. The molecule has 4 aliphatic rings. The fraction of sp³-hybridized carbons (Fsp3) is 0.385. The fourth-order valence-electron chi connectivity index (χ4n) is 7.72. The van der Waals surface area contributed by atoms with Crippen molar-refractivity contribution >= 4 is 0 Å². The van der Waals surface area contributed by atoms with Crippen molar-refractivity contribution in [3.63, 3.8) is 0 Å². The number of rotatable bonds is 9. The lowest BCUT2D eigenvalue weighted by Crippen LogP contribution is -2.33. The molecule has 2 unspecified atom stereocenters. The average Bonchev–Trinajstić information content (AvgIpc) is 3.82. The number of nitrogens with zero attached hydrogens (tertiary/aromatic N) is 2. The predicted molar refractivity (Wildman–Crippen MR) is 183 cm³/mol. The molecule has 10 heteroatoms. The smallest absolute Gasteiger partial charge is 0.231 e. The average molecular weight is 667 g/mol. The predicted octanol–water partition coefficient (Wildman–Crippen LogP) is 6.51. The summed E-state index contributed by atoms with van der Waals surface area (Å²) in [4.78, 5) is 4.79. The van der Waals surface area contributed by atoms with Crippen LogP contribution in [0.15, 0.2) is 54.6 Å². The van der Waals surface area contributed by atoms with Gasteiger partial charge in [0, 0.05) is 36.3 Å². The van der Waals surface area contributed by atoms with Crippen molar-refractivity contribution in [1.82, 2.24) is 9.80 Å². The van der Waals surface area contributed by atoms with Crippen molar-refractivity contribution in [1.29, 1.82) is 0 Å². The first kappa shape index (κ1) is 31.5. The monoisotopic (exact) mass is 666 g/mol. The van der Waals surface area contributed by atoms with E-state index in [9.17, 15) is 0 Å². The third-order valence-electron chi connectivity index (χ3n) is 10.4. The van der Waals surface area contributed by atoms with Gasteiger partial charge in [0.25, 0.3) is 0 Å². The molecular formula is C39H42N2O8. The maximum absolute atomic E-state index is 6.47. The summed E-state index contributed by atoms with van der Waals surface area (Å²) in [6.45, 7) is 2.31. The highest BCUT2D eigenvalue weighted by molar-refractivity contribution is 5.63. The second-order valence-electron chi connectivity index (χ2n) is 13.1. The molecule has 0 aliphatic carbocycles. The van der Waals surface area contributed by atoms with Crippen molar-refractivity contribution in [2.75, 3.05) is 62.1 Å². The van der Waals surface area contributed by atoms with Crippen LogP contribution in [0.1, 0.15) is 45.5 Å². The molecule has 0 radical (unpaired) electrons. The molecule has 0 saturated heterocycles. The number of fused-ring (bicyclic) bond motifs is 6. The molecule has 4 aliphatic heterocycles. The van der Waals surface area contributed by atoms with E-state index in [1.54, 1.807) is 21.3 Å². The van der Waals surface area contributed by atoms with Crippen LogP contribution in [0.5, 0.6) is 51.7 Å². The van der Waals surface area contributed by atoms with Crippen LogP contribution in [0.25, 0.3) is 0 Å². The summed E-state index contributed by atoms with van der Waals surface area (Å²) in [5.74, 6) is 6.62. The van der Waals surface area contributed by atoms with Gasteiger partial charge in [-0.15, -0.1) is 0 Å². The normalized spacial score (nSPS) is 19.3. The third kappa shape index (κ3) is 5.62. The van der Waals surface area contributed by atoms with Crippen LogP contribution in [-0.2, 0) is 25.7 Å². The quantitative estimate of drug-likeness (QED) is 0.197. The first-order valence-electron chi connectivity index (χ1n) is 16.8. The molecule has 4 aromatic rings. The summed E-state index contributed by atoms with van der Waals surface area (Å²) in [5.41, 5.74) is 7.21. The number of methoxy groups -OCH3 is 3. The highest BCUT2D eigenvalue weighted by Gasteiger charge is 2.35. The second kappa shape index (κ2) is 12.9. The Bertz CT molecular complexity index is 1880. The Hall–Kier alpha value is -4.80. The molecule has 0 aromatic heterocycles. The SMILES string of the molecule is COc1ccc(CC2c3cc(OC)c4c(c3CCN2C)OCO4)cc1Oc1ccc(CC2c3cc(OC)c4c(c3CCN2C)OCO4)cc1. The molecule has 4 heterocycles. The van der Waals surface area contributed by atoms with Crippen molar-refractivity contribution in [3.05, 3.63) is 88.0 Å². The van der Waals surface area contributed by atoms with Gasteiger partial charge >= 0.3 is 0 Å². The lowest BCUT2D eigenvalue weighted by atomic mass is 9.87. The Morgan fingerprint density at radius 1 is 0.571 bits per heavy atom. The zero-order valence-corrected chi connectivity index (χ0v) is 28.7. The molecule has 4 aromatic carbocycles.